The lowest BCUT2D eigenvalue weighted by molar-refractivity contribution is 0.249. The summed E-state index contributed by atoms with van der Waals surface area (Å²) in [5.74, 6) is 0. The van der Waals surface area contributed by atoms with Crippen LogP contribution in [-0.4, -0.2) is 27.5 Å². The zero-order chi connectivity index (χ0) is 15.5. The van der Waals surface area contributed by atoms with E-state index in [1.165, 1.54) is 0 Å². The Kier molecular flexibility index (Phi) is 4.96. The minimum absolute atomic E-state index is 0.0536. The second-order valence-electron chi connectivity index (χ2n) is 4.55. The molecule has 0 bridgehead atoms. The molecule has 0 fully saturated rings. The normalized spacial score (nSPS) is 11.3. The molecular formula is C12H20N4O3S. The van der Waals surface area contributed by atoms with E-state index >= 15 is 0 Å². The van der Waals surface area contributed by atoms with Crippen LogP contribution < -0.4 is 21.5 Å². The number of hydrogen-bond donors (Lipinski definition) is 4. The summed E-state index contributed by atoms with van der Waals surface area (Å²) < 4.78 is 27.0. The van der Waals surface area contributed by atoms with Gasteiger partial charge in [0.25, 0.3) is 0 Å². The summed E-state index contributed by atoms with van der Waals surface area (Å²) in [7, 11) is -3.69. The summed E-state index contributed by atoms with van der Waals surface area (Å²) in [5.41, 5.74) is 13.1. The van der Waals surface area contributed by atoms with Crippen molar-refractivity contribution >= 4 is 21.7 Å². The van der Waals surface area contributed by atoms with Crippen LogP contribution in [0, 0.1) is 20.8 Å². The van der Waals surface area contributed by atoms with Crippen LogP contribution in [0.15, 0.2) is 11.0 Å². The largest absolute Gasteiger partial charge is 0.398 e. The molecule has 0 aromatic heterocycles. The van der Waals surface area contributed by atoms with Gasteiger partial charge in [-0.3, -0.25) is 0 Å². The van der Waals surface area contributed by atoms with Gasteiger partial charge in [0.15, 0.2) is 0 Å². The van der Waals surface area contributed by atoms with Gasteiger partial charge in [0, 0.05) is 18.8 Å². The lowest BCUT2D eigenvalue weighted by Gasteiger charge is -2.16. The Labute approximate surface area is 118 Å². The number of rotatable bonds is 5. The summed E-state index contributed by atoms with van der Waals surface area (Å²) in [6, 6.07) is 1.05. The highest BCUT2D eigenvalue weighted by atomic mass is 32.2. The van der Waals surface area contributed by atoms with Crippen molar-refractivity contribution in [2.45, 2.75) is 25.7 Å². The lowest BCUT2D eigenvalue weighted by Crippen LogP contribution is -2.37. The second kappa shape index (κ2) is 6.10. The van der Waals surface area contributed by atoms with Crippen LogP contribution in [0.1, 0.15) is 16.7 Å². The van der Waals surface area contributed by atoms with E-state index in [1.807, 2.05) is 0 Å². The Morgan fingerprint density at radius 3 is 2.35 bits per heavy atom. The molecule has 7 nitrogen and oxygen atoms in total. The molecule has 1 rings (SSSR count). The molecule has 0 heterocycles. The number of benzene rings is 1. The molecule has 1 aromatic carbocycles. The first-order valence-corrected chi connectivity index (χ1v) is 7.54. The molecule has 0 saturated heterocycles. The highest BCUT2D eigenvalue weighted by Gasteiger charge is 2.21. The Bertz CT molecular complexity index is 600. The molecule has 8 heteroatoms. The topological polar surface area (TPSA) is 127 Å². The van der Waals surface area contributed by atoms with Gasteiger partial charge in [-0.05, 0) is 43.5 Å². The van der Waals surface area contributed by atoms with Gasteiger partial charge in [-0.15, -0.1) is 0 Å². The van der Waals surface area contributed by atoms with Crippen LogP contribution in [0.25, 0.3) is 0 Å². The predicted molar refractivity (Wildman–Crippen MR) is 77.8 cm³/mol. The van der Waals surface area contributed by atoms with Crippen molar-refractivity contribution in [1.29, 1.82) is 0 Å². The summed E-state index contributed by atoms with van der Waals surface area (Å²) in [4.78, 5) is 10.7. The first-order valence-electron chi connectivity index (χ1n) is 6.06. The number of primary amides is 1. The standard InChI is InChI=1S/C12H20N4O3S/c1-7-6-10(13)9(3)11(8(7)2)20(18,19)16-5-4-15-12(14)17/h6,16H,4-5,13H2,1-3H3,(H3,14,15,17). The van der Waals surface area contributed by atoms with Crippen LogP contribution in [0.5, 0.6) is 0 Å². The Morgan fingerprint density at radius 2 is 1.80 bits per heavy atom. The van der Waals surface area contributed by atoms with Crippen molar-refractivity contribution < 1.29 is 13.2 Å². The third-order valence-electron chi connectivity index (χ3n) is 3.06. The molecule has 1 aromatic rings. The molecule has 0 aliphatic carbocycles. The van der Waals surface area contributed by atoms with Crippen LogP contribution in [0.2, 0.25) is 0 Å². The number of carbonyl (C=O) groups is 1. The maximum atomic E-state index is 12.3. The maximum Gasteiger partial charge on any atom is 0.312 e. The van der Waals surface area contributed by atoms with E-state index < -0.39 is 16.1 Å². The average molecular weight is 300 g/mol. The lowest BCUT2D eigenvalue weighted by atomic mass is 10.1. The van der Waals surface area contributed by atoms with Crippen molar-refractivity contribution in [2.24, 2.45) is 5.73 Å². The number of aryl methyl sites for hydroxylation is 1. The quantitative estimate of drug-likeness (QED) is 0.455. The average Bonchev–Trinajstić information content (AvgIpc) is 2.32. The fraction of sp³-hybridized carbons (Fsp3) is 0.417. The number of nitrogen functional groups attached to an aromatic ring is 1. The van der Waals surface area contributed by atoms with Crippen molar-refractivity contribution in [3.63, 3.8) is 0 Å². The zero-order valence-corrected chi connectivity index (χ0v) is 12.6. The van der Waals surface area contributed by atoms with Gasteiger partial charge in [0.1, 0.15) is 0 Å². The molecule has 112 valence electrons. The molecule has 0 radical (unpaired) electrons. The van der Waals surface area contributed by atoms with Crippen LogP contribution in [0.4, 0.5) is 10.5 Å². The molecule has 0 aliphatic heterocycles. The summed E-state index contributed by atoms with van der Waals surface area (Å²) >= 11 is 0. The molecule has 0 aliphatic rings. The summed E-state index contributed by atoms with van der Waals surface area (Å²) in [6.07, 6.45) is 0. The molecule has 20 heavy (non-hydrogen) atoms. The van der Waals surface area contributed by atoms with Gasteiger partial charge < -0.3 is 16.8 Å². The predicted octanol–water partition coefficient (Wildman–Crippen LogP) is 0.141. The zero-order valence-electron chi connectivity index (χ0n) is 11.8. The first-order chi connectivity index (χ1) is 9.16. The van der Waals surface area contributed by atoms with Gasteiger partial charge >= 0.3 is 6.03 Å². The highest BCUT2D eigenvalue weighted by molar-refractivity contribution is 7.89. The third-order valence-corrected chi connectivity index (χ3v) is 4.80. The van der Waals surface area contributed by atoms with Gasteiger partial charge in [0.05, 0.1) is 4.90 Å². The molecule has 0 spiro atoms. The van der Waals surface area contributed by atoms with E-state index in [9.17, 15) is 13.2 Å². The fourth-order valence-corrected chi connectivity index (χ4v) is 3.49. The van der Waals surface area contributed by atoms with E-state index in [0.29, 0.717) is 16.8 Å². The van der Waals surface area contributed by atoms with Crippen LogP contribution in [-0.2, 0) is 10.0 Å². The summed E-state index contributed by atoms with van der Waals surface area (Å²) in [6.45, 7) is 5.38. The SMILES string of the molecule is Cc1cc(N)c(C)c(S(=O)(=O)NCCNC(N)=O)c1C. The van der Waals surface area contributed by atoms with Crippen LogP contribution >= 0.6 is 0 Å². The monoisotopic (exact) mass is 300 g/mol. The number of carbonyl (C=O) groups excluding carboxylic acids is 1. The van der Waals surface area contributed by atoms with Gasteiger partial charge in [-0.1, -0.05) is 0 Å². The highest BCUT2D eigenvalue weighted by Crippen LogP contribution is 2.27. The third kappa shape index (κ3) is 3.61. The molecule has 0 saturated carbocycles. The fourth-order valence-electron chi connectivity index (χ4n) is 1.89. The Hall–Kier alpha value is -1.80. The smallest absolute Gasteiger partial charge is 0.312 e. The van der Waals surface area contributed by atoms with Crippen molar-refractivity contribution in [3.05, 3.63) is 22.8 Å². The minimum atomic E-state index is -3.69. The van der Waals surface area contributed by atoms with Gasteiger partial charge in [-0.2, -0.15) is 0 Å². The van der Waals surface area contributed by atoms with Gasteiger partial charge in [0.2, 0.25) is 10.0 Å². The van der Waals surface area contributed by atoms with E-state index in [1.54, 1.807) is 26.8 Å². The van der Waals surface area contributed by atoms with E-state index in [2.05, 4.69) is 10.0 Å². The second-order valence-corrected chi connectivity index (χ2v) is 6.25. The molecule has 0 atom stereocenters. The number of sulfonamides is 1. The van der Waals surface area contributed by atoms with E-state index in [4.69, 9.17) is 11.5 Å². The van der Waals surface area contributed by atoms with E-state index in [0.717, 1.165) is 5.56 Å². The number of anilines is 1. The van der Waals surface area contributed by atoms with Crippen LogP contribution in [0.3, 0.4) is 0 Å². The number of amides is 2. The number of urea groups is 1. The Balaban J connectivity index is 3.01. The number of nitrogens with two attached hydrogens (primary N) is 2. The molecule has 2 amide bonds. The van der Waals surface area contributed by atoms with E-state index in [-0.39, 0.29) is 18.0 Å². The van der Waals surface area contributed by atoms with Crippen molar-refractivity contribution in [2.75, 3.05) is 18.8 Å². The number of nitrogens with one attached hydrogen (secondary N) is 2. The molecular weight excluding hydrogens is 280 g/mol. The van der Waals surface area contributed by atoms with Gasteiger partial charge in [-0.25, -0.2) is 17.9 Å². The van der Waals surface area contributed by atoms with Crippen molar-refractivity contribution in [3.8, 4) is 0 Å². The Morgan fingerprint density at radius 1 is 1.20 bits per heavy atom. The molecule has 0 unspecified atom stereocenters. The van der Waals surface area contributed by atoms with Crippen molar-refractivity contribution in [1.82, 2.24) is 10.0 Å². The minimum Gasteiger partial charge on any atom is -0.398 e. The number of hydrogen-bond acceptors (Lipinski definition) is 4. The molecule has 6 N–H and O–H groups in total. The maximum absolute atomic E-state index is 12.3. The first kappa shape index (κ1) is 16.3. The summed E-state index contributed by atoms with van der Waals surface area (Å²) in [5, 5.41) is 2.31.